The summed E-state index contributed by atoms with van der Waals surface area (Å²) in [6.07, 6.45) is 0. The van der Waals surface area contributed by atoms with Crippen molar-refractivity contribution >= 4 is 17.9 Å². The van der Waals surface area contributed by atoms with Crippen molar-refractivity contribution in [3.8, 4) is 0 Å². The van der Waals surface area contributed by atoms with Crippen molar-refractivity contribution in [3.05, 3.63) is 0 Å². The van der Waals surface area contributed by atoms with Crippen molar-refractivity contribution < 1.29 is 17.9 Å². The lowest BCUT2D eigenvalue weighted by atomic mass is 10.3. The second-order valence-electron chi connectivity index (χ2n) is 5.23. The third-order valence-electron chi connectivity index (χ3n) is 2.72. The first-order valence-electron chi connectivity index (χ1n) is 5.69. The number of hydrogen-bond acceptors (Lipinski definition) is 4. The topological polar surface area (TPSA) is 52.6 Å². The van der Waals surface area contributed by atoms with E-state index in [0.29, 0.717) is 13.2 Å². The van der Waals surface area contributed by atoms with E-state index in [1.165, 1.54) is 0 Å². The molecule has 0 amide bonds. The highest BCUT2D eigenvalue weighted by Crippen LogP contribution is 2.42. The Morgan fingerprint density at radius 3 is 1.88 bits per heavy atom. The van der Waals surface area contributed by atoms with Crippen LogP contribution in [0, 0.1) is 0 Å². The van der Waals surface area contributed by atoms with Gasteiger partial charge in [0.15, 0.2) is 15.6 Å². The van der Waals surface area contributed by atoms with Gasteiger partial charge >= 0.3 is 0 Å². The summed E-state index contributed by atoms with van der Waals surface area (Å²) in [6.45, 7) is 10.8. The highest BCUT2D eigenvalue weighted by Gasteiger charge is 2.65. The molecule has 0 bridgehead atoms. The summed E-state index contributed by atoms with van der Waals surface area (Å²) in [6, 6.07) is 0. The first-order chi connectivity index (χ1) is 7.19. The predicted molar refractivity (Wildman–Crippen MR) is 66.9 cm³/mol. The lowest BCUT2D eigenvalue weighted by Gasteiger charge is -2.51. The Bertz CT molecular complexity index is 338. The van der Waals surface area contributed by atoms with E-state index in [0.717, 1.165) is 0 Å². The molecule has 1 aliphatic heterocycles. The van der Waals surface area contributed by atoms with Crippen LogP contribution in [-0.2, 0) is 19.3 Å². The van der Waals surface area contributed by atoms with Gasteiger partial charge in [-0.05, 0) is 13.8 Å². The Balaban J connectivity index is 3.04. The van der Waals surface area contributed by atoms with Crippen LogP contribution in [0.1, 0.15) is 13.8 Å². The van der Waals surface area contributed by atoms with E-state index in [1.54, 1.807) is 0 Å². The van der Waals surface area contributed by atoms with Gasteiger partial charge in [-0.15, -0.1) is 0 Å². The fourth-order valence-electron chi connectivity index (χ4n) is 2.58. The van der Waals surface area contributed by atoms with Crippen LogP contribution in [-0.4, -0.2) is 46.1 Å². The molecule has 96 valence electrons. The molecule has 1 fully saturated rings. The van der Waals surface area contributed by atoms with Crippen LogP contribution < -0.4 is 0 Å². The van der Waals surface area contributed by atoms with E-state index >= 15 is 0 Å². The fourth-order valence-corrected chi connectivity index (χ4v) is 10.4. The molecule has 6 heteroatoms. The lowest BCUT2D eigenvalue weighted by molar-refractivity contribution is -0.219. The van der Waals surface area contributed by atoms with Crippen molar-refractivity contribution in [2.24, 2.45) is 0 Å². The highest BCUT2D eigenvalue weighted by atomic mass is 32.2. The smallest absolute Gasteiger partial charge is 0.196 e. The highest BCUT2D eigenvalue weighted by molar-refractivity contribution is 7.95. The van der Waals surface area contributed by atoms with Gasteiger partial charge in [-0.2, -0.15) is 0 Å². The Labute approximate surface area is 99.3 Å². The van der Waals surface area contributed by atoms with E-state index < -0.39 is 28.6 Å². The summed E-state index contributed by atoms with van der Waals surface area (Å²) in [4.78, 5) is -0.438. The van der Waals surface area contributed by atoms with Crippen molar-refractivity contribution in [3.63, 3.8) is 0 Å². The molecule has 16 heavy (non-hydrogen) atoms. The summed E-state index contributed by atoms with van der Waals surface area (Å²) < 4.78 is 35.0. The van der Waals surface area contributed by atoms with E-state index in [2.05, 4.69) is 0 Å². The van der Waals surface area contributed by atoms with Gasteiger partial charge in [0.2, 0.25) is 0 Å². The van der Waals surface area contributed by atoms with Gasteiger partial charge in [0, 0.05) is 13.2 Å². The van der Waals surface area contributed by atoms with Crippen LogP contribution in [0.2, 0.25) is 19.6 Å². The zero-order chi connectivity index (χ0) is 12.6. The minimum Gasteiger partial charge on any atom is -0.348 e. The number of hydrogen-bond donors (Lipinski definition) is 0. The van der Waals surface area contributed by atoms with E-state index in [1.807, 2.05) is 33.5 Å². The second kappa shape index (κ2) is 4.40. The number of sulfone groups is 1. The normalized spacial score (nSPS) is 27.4. The summed E-state index contributed by atoms with van der Waals surface area (Å²) in [7, 11) is -4.88. The minimum absolute atomic E-state index is 0.0105. The summed E-state index contributed by atoms with van der Waals surface area (Å²) in [5.41, 5.74) is 0. The molecule has 0 saturated carbocycles. The molecule has 0 N–H and O–H groups in total. The predicted octanol–water partition coefficient (Wildman–Crippen LogP) is 1.43. The third kappa shape index (κ3) is 2.34. The molecule has 4 nitrogen and oxygen atoms in total. The fraction of sp³-hybridized carbons (Fsp3) is 1.00. The largest absolute Gasteiger partial charge is 0.348 e. The molecular formula is C10H22O4SSi. The van der Waals surface area contributed by atoms with Crippen LogP contribution in [0.5, 0.6) is 0 Å². The zero-order valence-electron chi connectivity index (χ0n) is 10.7. The standard InChI is InChI=1S/C10H22O4SSi/c1-6-13-10(14-7-2)8-15(11,12)9(10)16(3,4)5/h9H,6-8H2,1-5H3. The van der Waals surface area contributed by atoms with E-state index in [-0.39, 0.29) is 5.75 Å². The first kappa shape index (κ1) is 14.1. The van der Waals surface area contributed by atoms with Gasteiger partial charge in [-0.25, -0.2) is 8.42 Å². The maximum Gasteiger partial charge on any atom is 0.196 e. The molecule has 1 atom stereocenters. The Hall–Kier alpha value is 0.0869. The van der Waals surface area contributed by atoms with E-state index in [9.17, 15) is 8.42 Å². The molecule has 0 aromatic heterocycles. The molecule has 0 aliphatic carbocycles. The lowest BCUT2D eigenvalue weighted by Crippen LogP contribution is -2.73. The summed E-state index contributed by atoms with van der Waals surface area (Å²) in [5.74, 6) is -0.858. The van der Waals surface area contributed by atoms with Gasteiger partial charge in [0.1, 0.15) is 10.6 Å². The van der Waals surface area contributed by atoms with Crippen molar-refractivity contribution in [1.82, 2.24) is 0 Å². The summed E-state index contributed by atoms with van der Waals surface area (Å²) >= 11 is 0. The van der Waals surface area contributed by atoms with Crippen LogP contribution in [0.3, 0.4) is 0 Å². The molecule has 0 radical (unpaired) electrons. The molecule has 1 heterocycles. The molecule has 1 unspecified atom stereocenters. The van der Waals surface area contributed by atoms with Gasteiger partial charge in [0.25, 0.3) is 0 Å². The molecule has 1 aliphatic rings. The number of rotatable bonds is 5. The quantitative estimate of drug-likeness (QED) is 0.558. The molecule has 0 spiro atoms. The maximum atomic E-state index is 11.9. The van der Waals surface area contributed by atoms with Crippen molar-refractivity contribution in [2.75, 3.05) is 19.0 Å². The Morgan fingerprint density at radius 2 is 1.62 bits per heavy atom. The molecular weight excluding hydrogens is 244 g/mol. The van der Waals surface area contributed by atoms with E-state index in [4.69, 9.17) is 9.47 Å². The Morgan fingerprint density at radius 1 is 1.19 bits per heavy atom. The maximum absolute atomic E-state index is 11.9. The van der Waals surface area contributed by atoms with Gasteiger partial charge in [-0.3, -0.25) is 0 Å². The minimum atomic E-state index is -3.02. The number of ether oxygens (including phenoxy) is 2. The molecule has 0 aromatic carbocycles. The average Bonchev–Trinajstić information content (AvgIpc) is 1.98. The molecule has 0 aromatic rings. The van der Waals surface area contributed by atoms with Crippen LogP contribution >= 0.6 is 0 Å². The van der Waals surface area contributed by atoms with Gasteiger partial charge in [0.05, 0.1) is 8.07 Å². The van der Waals surface area contributed by atoms with Crippen LogP contribution in [0.4, 0.5) is 0 Å². The zero-order valence-corrected chi connectivity index (χ0v) is 12.6. The van der Waals surface area contributed by atoms with Crippen LogP contribution in [0.15, 0.2) is 0 Å². The van der Waals surface area contributed by atoms with Crippen LogP contribution in [0.25, 0.3) is 0 Å². The molecule has 1 saturated heterocycles. The second-order valence-corrected chi connectivity index (χ2v) is 13.0. The third-order valence-corrected chi connectivity index (χ3v) is 9.82. The first-order valence-corrected chi connectivity index (χ1v) is 11.0. The van der Waals surface area contributed by atoms with Crippen molar-refractivity contribution in [2.45, 2.75) is 44.1 Å². The average molecular weight is 266 g/mol. The molecule has 1 rings (SSSR count). The SMILES string of the molecule is CCOC1(OCC)CS(=O)(=O)C1[Si](C)(C)C. The Kier molecular flexibility index (Phi) is 3.89. The monoisotopic (exact) mass is 266 g/mol. The summed E-state index contributed by atoms with van der Waals surface area (Å²) in [5, 5.41) is 0. The van der Waals surface area contributed by atoms with Gasteiger partial charge in [-0.1, -0.05) is 19.6 Å². The van der Waals surface area contributed by atoms with Crippen molar-refractivity contribution in [1.29, 1.82) is 0 Å². The van der Waals surface area contributed by atoms with Gasteiger partial charge < -0.3 is 9.47 Å².